The summed E-state index contributed by atoms with van der Waals surface area (Å²) in [5.74, 6) is 0.333. The number of carbonyl (C=O) groups excluding carboxylic acids is 1. The van der Waals surface area contributed by atoms with E-state index >= 15 is 0 Å². The highest BCUT2D eigenvalue weighted by molar-refractivity contribution is 5.79. The van der Waals surface area contributed by atoms with Crippen molar-refractivity contribution in [1.82, 2.24) is 20.4 Å². The van der Waals surface area contributed by atoms with Gasteiger partial charge in [0, 0.05) is 45.3 Å². The molecule has 1 amide bonds. The van der Waals surface area contributed by atoms with E-state index in [2.05, 4.69) is 26.5 Å². The molecule has 21 heavy (non-hydrogen) atoms. The van der Waals surface area contributed by atoms with Gasteiger partial charge in [0.25, 0.3) is 0 Å². The number of nitrogens with one attached hydrogen (secondary N) is 2. The second-order valence-corrected chi connectivity index (χ2v) is 6.76. The molecule has 2 heterocycles. The third kappa shape index (κ3) is 3.37. The number of rotatable bonds is 5. The number of hydrogen-bond acceptors (Lipinski definition) is 5. The van der Waals surface area contributed by atoms with Crippen LogP contribution < -0.4 is 10.6 Å². The smallest absolute Gasteiger partial charge is 0.235 e. The molecule has 1 aliphatic carbocycles. The average molecular weight is 291 g/mol. The number of amides is 1. The Morgan fingerprint density at radius 3 is 2.48 bits per heavy atom. The fraction of sp³-hybridized carbons (Fsp3) is 0.867. The third-order valence-electron chi connectivity index (χ3n) is 5.08. The molecule has 0 aromatic carbocycles. The first kappa shape index (κ1) is 14.8. The van der Waals surface area contributed by atoms with Gasteiger partial charge in [0.1, 0.15) is 5.54 Å². The molecular formula is C15H25N5O. The van der Waals surface area contributed by atoms with Crippen LogP contribution in [0.1, 0.15) is 19.8 Å². The van der Waals surface area contributed by atoms with Gasteiger partial charge in [-0.3, -0.25) is 14.6 Å². The molecule has 3 aliphatic rings. The van der Waals surface area contributed by atoms with E-state index in [0.29, 0.717) is 18.5 Å². The first-order valence-corrected chi connectivity index (χ1v) is 8.00. The lowest BCUT2D eigenvalue weighted by molar-refractivity contribution is -0.124. The molecule has 0 bridgehead atoms. The van der Waals surface area contributed by atoms with Gasteiger partial charge in [-0.05, 0) is 25.7 Å². The van der Waals surface area contributed by atoms with Crippen LogP contribution in [0.25, 0.3) is 0 Å². The summed E-state index contributed by atoms with van der Waals surface area (Å²) >= 11 is 0. The van der Waals surface area contributed by atoms with E-state index in [4.69, 9.17) is 0 Å². The van der Waals surface area contributed by atoms with Crippen LogP contribution in [0.2, 0.25) is 0 Å². The number of nitriles is 1. The largest absolute Gasteiger partial charge is 0.337 e. The van der Waals surface area contributed by atoms with Crippen LogP contribution >= 0.6 is 0 Å². The molecule has 2 saturated heterocycles. The SMILES string of the molecule is CC(C#N)(NC(=O)CN1CCN(C2CNC2)CC1)C1CC1. The second-order valence-electron chi connectivity index (χ2n) is 6.76. The van der Waals surface area contributed by atoms with Crippen LogP contribution in [0.5, 0.6) is 0 Å². The van der Waals surface area contributed by atoms with Gasteiger partial charge in [0.2, 0.25) is 5.91 Å². The van der Waals surface area contributed by atoms with E-state index in [9.17, 15) is 10.1 Å². The lowest BCUT2D eigenvalue weighted by atomic mass is 9.98. The Hall–Kier alpha value is -1.16. The summed E-state index contributed by atoms with van der Waals surface area (Å²) < 4.78 is 0. The van der Waals surface area contributed by atoms with Gasteiger partial charge in [-0.25, -0.2) is 0 Å². The highest BCUT2D eigenvalue weighted by Gasteiger charge is 2.43. The van der Waals surface area contributed by atoms with Crippen molar-refractivity contribution in [3.8, 4) is 6.07 Å². The fourth-order valence-electron chi connectivity index (χ4n) is 3.23. The highest BCUT2D eigenvalue weighted by Crippen LogP contribution is 2.39. The van der Waals surface area contributed by atoms with E-state index in [-0.39, 0.29) is 5.91 Å². The van der Waals surface area contributed by atoms with Crippen molar-refractivity contribution in [2.24, 2.45) is 5.92 Å². The quantitative estimate of drug-likeness (QED) is 0.707. The van der Waals surface area contributed by atoms with Gasteiger partial charge in [-0.15, -0.1) is 0 Å². The Labute approximate surface area is 126 Å². The van der Waals surface area contributed by atoms with E-state index in [0.717, 1.165) is 52.1 Å². The zero-order chi connectivity index (χ0) is 14.9. The average Bonchev–Trinajstić information content (AvgIpc) is 3.23. The predicted molar refractivity (Wildman–Crippen MR) is 79.6 cm³/mol. The van der Waals surface area contributed by atoms with E-state index in [1.54, 1.807) is 0 Å². The van der Waals surface area contributed by atoms with Gasteiger partial charge in [0.15, 0.2) is 0 Å². The molecule has 6 nitrogen and oxygen atoms in total. The summed E-state index contributed by atoms with van der Waals surface area (Å²) in [5.41, 5.74) is -0.670. The molecule has 0 radical (unpaired) electrons. The van der Waals surface area contributed by atoms with Gasteiger partial charge >= 0.3 is 0 Å². The minimum absolute atomic E-state index is 0.00953. The van der Waals surface area contributed by atoms with Crippen molar-refractivity contribution in [3.63, 3.8) is 0 Å². The zero-order valence-corrected chi connectivity index (χ0v) is 12.8. The maximum atomic E-state index is 12.2. The van der Waals surface area contributed by atoms with Crippen molar-refractivity contribution in [1.29, 1.82) is 5.26 Å². The van der Waals surface area contributed by atoms with Crippen molar-refractivity contribution in [3.05, 3.63) is 0 Å². The molecule has 1 saturated carbocycles. The van der Waals surface area contributed by atoms with E-state index < -0.39 is 5.54 Å². The van der Waals surface area contributed by atoms with Crippen molar-refractivity contribution in [2.45, 2.75) is 31.3 Å². The van der Waals surface area contributed by atoms with Crippen LogP contribution in [0.3, 0.4) is 0 Å². The summed E-state index contributed by atoms with van der Waals surface area (Å²) in [5, 5.41) is 15.5. The Morgan fingerprint density at radius 2 is 2.00 bits per heavy atom. The molecule has 0 aromatic rings. The van der Waals surface area contributed by atoms with Gasteiger partial charge in [-0.1, -0.05) is 0 Å². The zero-order valence-electron chi connectivity index (χ0n) is 12.8. The monoisotopic (exact) mass is 291 g/mol. The second kappa shape index (κ2) is 5.91. The molecule has 6 heteroatoms. The Bertz CT molecular complexity index is 432. The molecule has 116 valence electrons. The Balaban J connectivity index is 1.42. The highest BCUT2D eigenvalue weighted by atomic mass is 16.2. The van der Waals surface area contributed by atoms with Crippen LogP contribution in [0.15, 0.2) is 0 Å². The molecule has 3 rings (SSSR count). The maximum Gasteiger partial charge on any atom is 0.235 e. The first-order chi connectivity index (χ1) is 10.1. The fourth-order valence-corrected chi connectivity index (χ4v) is 3.23. The van der Waals surface area contributed by atoms with Crippen molar-refractivity contribution >= 4 is 5.91 Å². The lowest BCUT2D eigenvalue weighted by Gasteiger charge is -2.43. The molecule has 0 aromatic heterocycles. The molecule has 3 fully saturated rings. The van der Waals surface area contributed by atoms with Crippen LogP contribution in [0, 0.1) is 17.2 Å². The summed E-state index contributed by atoms with van der Waals surface area (Å²) in [4.78, 5) is 16.9. The molecule has 2 aliphatic heterocycles. The summed E-state index contributed by atoms with van der Waals surface area (Å²) in [6.07, 6.45) is 2.11. The lowest BCUT2D eigenvalue weighted by Crippen LogP contribution is -2.62. The summed E-state index contributed by atoms with van der Waals surface area (Å²) in [6.45, 7) is 8.43. The van der Waals surface area contributed by atoms with E-state index in [1.807, 2.05) is 6.92 Å². The van der Waals surface area contributed by atoms with Crippen molar-refractivity contribution < 1.29 is 4.79 Å². The van der Waals surface area contributed by atoms with E-state index in [1.165, 1.54) is 0 Å². The van der Waals surface area contributed by atoms with Gasteiger partial charge in [0.05, 0.1) is 12.6 Å². The van der Waals surface area contributed by atoms with Crippen LogP contribution in [0.4, 0.5) is 0 Å². The minimum Gasteiger partial charge on any atom is -0.337 e. The molecule has 1 atom stereocenters. The molecule has 1 unspecified atom stereocenters. The molecular weight excluding hydrogens is 266 g/mol. The van der Waals surface area contributed by atoms with Crippen LogP contribution in [-0.4, -0.2) is 73.1 Å². The normalized spacial score (nSPS) is 27.4. The summed E-state index contributed by atoms with van der Waals surface area (Å²) in [6, 6.07) is 2.97. The number of hydrogen-bond donors (Lipinski definition) is 2. The first-order valence-electron chi connectivity index (χ1n) is 8.00. The number of carbonyl (C=O) groups is 1. The molecule has 2 N–H and O–H groups in total. The van der Waals surface area contributed by atoms with Crippen LogP contribution in [-0.2, 0) is 4.79 Å². The summed E-state index contributed by atoms with van der Waals surface area (Å²) in [7, 11) is 0. The third-order valence-corrected chi connectivity index (χ3v) is 5.08. The number of nitrogens with zero attached hydrogens (tertiary/aromatic N) is 3. The van der Waals surface area contributed by atoms with Gasteiger partial charge < -0.3 is 10.6 Å². The predicted octanol–water partition coefficient (Wildman–Crippen LogP) is -0.616. The number of piperazine rings is 1. The molecule has 0 spiro atoms. The minimum atomic E-state index is -0.670. The Kier molecular flexibility index (Phi) is 4.16. The van der Waals surface area contributed by atoms with Crippen molar-refractivity contribution in [2.75, 3.05) is 45.8 Å². The maximum absolute atomic E-state index is 12.2. The topological polar surface area (TPSA) is 71.4 Å². The van der Waals surface area contributed by atoms with Gasteiger partial charge in [-0.2, -0.15) is 5.26 Å². The standard InChI is InChI=1S/C15H25N5O/c1-15(11-16,12-2-3-12)18-14(21)10-19-4-6-20(7-5-19)13-8-17-9-13/h12-13,17H,2-10H2,1H3,(H,18,21). The Morgan fingerprint density at radius 1 is 1.33 bits per heavy atom.